The van der Waals surface area contributed by atoms with Crippen LogP contribution in [-0.2, 0) is 0 Å². The van der Waals surface area contributed by atoms with Crippen molar-refractivity contribution < 1.29 is 4.92 Å². The predicted octanol–water partition coefficient (Wildman–Crippen LogP) is 0.907. The van der Waals surface area contributed by atoms with E-state index in [1.165, 1.54) is 0 Å². The second-order valence-electron chi connectivity index (χ2n) is 3.38. The second-order valence-corrected chi connectivity index (χ2v) is 3.38. The number of rotatable bonds is 6. The van der Waals surface area contributed by atoms with Gasteiger partial charge in [-0.25, -0.2) is 10.8 Å². The first-order valence-electron chi connectivity index (χ1n) is 5.37. The van der Waals surface area contributed by atoms with E-state index >= 15 is 0 Å². The fraction of sp³-hybridized carbons (Fsp3) is 0.556. The van der Waals surface area contributed by atoms with Crippen LogP contribution in [0.1, 0.15) is 20.3 Å². The van der Waals surface area contributed by atoms with E-state index in [-0.39, 0.29) is 11.6 Å². The molecule has 8 nitrogen and oxygen atoms in total. The molecule has 0 spiro atoms. The van der Waals surface area contributed by atoms with Crippen molar-refractivity contribution in [3.8, 4) is 0 Å². The van der Waals surface area contributed by atoms with Crippen LogP contribution in [0.4, 0.5) is 17.5 Å². The molecule has 0 radical (unpaired) electrons. The number of hydrazine groups is 1. The third kappa shape index (κ3) is 3.00. The highest BCUT2D eigenvalue weighted by atomic mass is 16.6. The normalized spacial score (nSPS) is 10.1. The van der Waals surface area contributed by atoms with Crippen LogP contribution in [-0.4, -0.2) is 28.0 Å². The van der Waals surface area contributed by atoms with Gasteiger partial charge in [0.25, 0.3) is 0 Å². The molecule has 3 N–H and O–H groups in total. The summed E-state index contributed by atoms with van der Waals surface area (Å²) in [7, 11) is 0. The van der Waals surface area contributed by atoms with E-state index in [0.717, 1.165) is 12.6 Å². The van der Waals surface area contributed by atoms with Gasteiger partial charge in [0, 0.05) is 13.1 Å². The van der Waals surface area contributed by atoms with Gasteiger partial charge in [-0.1, -0.05) is 6.92 Å². The zero-order valence-corrected chi connectivity index (χ0v) is 9.88. The summed E-state index contributed by atoms with van der Waals surface area (Å²) in [4.78, 5) is 20.0. The summed E-state index contributed by atoms with van der Waals surface area (Å²) in [6, 6.07) is 0. The standard InChI is InChI=1S/C9H16N6O2/c1-3-5-14(4-2)8-7(15(16)17)6-11-9(12-8)13-10/h6H,3-5,10H2,1-2H3,(H,11,12,13). The summed E-state index contributed by atoms with van der Waals surface area (Å²) in [6.45, 7) is 5.24. The van der Waals surface area contributed by atoms with Crippen molar-refractivity contribution >= 4 is 17.5 Å². The minimum atomic E-state index is -0.492. The zero-order chi connectivity index (χ0) is 12.8. The molecule has 8 heteroatoms. The van der Waals surface area contributed by atoms with Crippen LogP contribution in [0.15, 0.2) is 6.20 Å². The van der Waals surface area contributed by atoms with Gasteiger partial charge >= 0.3 is 5.69 Å². The SMILES string of the molecule is CCCN(CC)c1nc(NN)ncc1[N+](=O)[O-]. The van der Waals surface area contributed by atoms with Crippen LogP contribution in [0.2, 0.25) is 0 Å². The molecule has 0 atom stereocenters. The quantitative estimate of drug-likeness (QED) is 0.432. The fourth-order valence-electron chi connectivity index (χ4n) is 1.48. The van der Waals surface area contributed by atoms with Crippen LogP contribution in [0, 0.1) is 10.1 Å². The molecule has 0 aliphatic heterocycles. The van der Waals surface area contributed by atoms with Gasteiger partial charge in [0.15, 0.2) is 0 Å². The highest BCUT2D eigenvalue weighted by Crippen LogP contribution is 2.25. The average Bonchev–Trinajstić information content (AvgIpc) is 2.35. The van der Waals surface area contributed by atoms with Crippen LogP contribution in [0.3, 0.4) is 0 Å². The van der Waals surface area contributed by atoms with E-state index in [0.29, 0.717) is 18.9 Å². The van der Waals surface area contributed by atoms with Crippen LogP contribution >= 0.6 is 0 Å². The van der Waals surface area contributed by atoms with Crippen molar-refractivity contribution in [1.82, 2.24) is 9.97 Å². The molecule has 0 aliphatic carbocycles. The van der Waals surface area contributed by atoms with Gasteiger partial charge < -0.3 is 4.90 Å². The number of nitrogens with one attached hydrogen (secondary N) is 1. The molecule has 0 aliphatic rings. The first-order valence-corrected chi connectivity index (χ1v) is 5.37. The number of nitrogens with two attached hydrogens (primary N) is 1. The Bertz CT molecular complexity index is 397. The highest BCUT2D eigenvalue weighted by Gasteiger charge is 2.21. The van der Waals surface area contributed by atoms with Gasteiger partial charge in [-0.15, -0.1) is 0 Å². The fourth-order valence-corrected chi connectivity index (χ4v) is 1.48. The van der Waals surface area contributed by atoms with Gasteiger partial charge in [-0.3, -0.25) is 15.5 Å². The molecule has 17 heavy (non-hydrogen) atoms. The van der Waals surface area contributed by atoms with Crippen molar-refractivity contribution in [3.05, 3.63) is 16.3 Å². The van der Waals surface area contributed by atoms with E-state index in [1.807, 2.05) is 18.7 Å². The number of anilines is 2. The summed E-state index contributed by atoms with van der Waals surface area (Å²) in [6.07, 6.45) is 2.04. The van der Waals surface area contributed by atoms with Gasteiger partial charge in [-0.05, 0) is 13.3 Å². The van der Waals surface area contributed by atoms with Crippen molar-refractivity contribution in [2.24, 2.45) is 5.84 Å². The number of nitro groups is 1. The Morgan fingerprint density at radius 2 is 2.29 bits per heavy atom. The van der Waals surface area contributed by atoms with Crippen LogP contribution in [0.5, 0.6) is 0 Å². The van der Waals surface area contributed by atoms with E-state index < -0.39 is 4.92 Å². The third-order valence-electron chi connectivity index (χ3n) is 2.25. The largest absolute Gasteiger partial charge is 0.351 e. The summed E-state index contributed by atoms with van der Waals surface area (Å²) in [5, 5.41) is 10.9. The van der Waals surface area contributed by atoms with Gasteiger partial charge in [-0.2, -0.15) is 4.98 Å². The van der Waals surface area contributed by atoms with E-state index in [4.69, 9.17) is 5.84 Å². The van der Waals surface area contributed by atoms with Gasteiger partial charge in [0.2, 0.25) is 11.8 Å². The summed E-state index contributed by atoms with van der Waals surface area (Å²) in [5.41, 5.74) is 2.17. The van der Waals surface area contributed by atoms with E-state index in [1.54, 1.807) is 0 Å². The highest BCUT2D eigenvalue weighted by molar-refractivity contribution is 5.58. The van der Waals surface area contributed by atoms with Crippen molar-refractivity contribution in [2.75, 3.05) is 23.4 Å². The molecule has 0 bridgehead atoms. The molecular formula is C9H16N6O2. The number of aromatic nitrogens is 2. The predicted molar refractivity (Wildman–Crippen MR) is 64.7 cm³/mol. The topological polar surface area (TPSA) is 110 Å². The van der Waals surface area contributed by atoms with Crippen molar-refractivity contribution in [3.63, 3.8) is 0 Å². The van der Waals surface area contributed by atoms with E-state index in [9.17, 15) is 10.1 Å². The molecule has 0 unspecified atom stereocenters. The lowest BCUT2D eigenvalue weighted by Gasteiger charge is -2.20. The molecule has 0 saturated heterocycles. The molecular weight excluding hydrogens is 224 g/mol. The first kappa shape index (κ1) is 13.1. The molecule has 0 amide bonds. The summed E-state index contributed by atoms with van der Waals surface area (Å²) in [5.74, 6) is 5.66. The minimum Gasteiger partial charge on any atom is -0.351 e. The van der Waals surface area contributed by atoms with Crippen LogP contribution < -0.4 is 16.2 Å². The lowest BCUT2D eigenvalue weighted by atomic mass is 10.3. The van der Waals surface area contributed by atoms with Crippen molar-refractivity contribution in [1.29, 1.82) is 0 Å². The Morgan fingerprint density at radius 3 is 2.76 bits per heavy atom. The Kier molecular flexibility index (Phi) is 4.58. The molecule has 1 aromatic heterocycles. The molecule has 94 valence electrons. The average molecular weight is 240 g/mol. The summed E-state index contributed by atoms with van der Waals surface area (Å²) >= 11 is 0. The maximum Gasteiger partial charge on any atom is 0.329 e. The maximum atomic E-state index is 10.9. The Morgan fingerprint density at radius 1 is 1.59 bits per heavy atom. The molecule has 1 heterocycles. The molecule has 0 fully saturated rings. The number of hydrogen-bond acceptors (Lipinski definition) is 7. The first-order chi connectivity index (χ1) is 8.13. The molecule has 1 aromatic rings. The molecule has 1 rings (SSSR count). The monoisotopic (exact) mass is 240 g/mol. The van der Waals surface area contributed by atoms with Crippen molar-refractivity contribution in [2.45, 2.75) is 20.3 Å². The lowest BCUT2D eigenvalue weighted by Crippen LogP contribution is -2.26. The number of hydrogen-bond donors (Lipinski definition) is 2. The van der Waals surface area contributed by atoms with Gasteiger partial charge in [0.1, 0.15) is 6.20 Å². The minimum absolute atomic E-state index is 0.112. The number of nitrogen functional groups attached to an aromatic ring is 1. The third-order valence-corrected chi connectivity index (χ3v) is 2.25. The van der Waals surface area contributed by atoms with E-state index in [2.05, 4.69) is 15.4 Å². The second kappa shape index (κ2) is 5.94. The smallest absolute Gasteiger partial charge is 0.329 e. The van der Waals surface area contributed by atoms with Crippen LogP contribution in [0.25, 0.3) is 0 Å². The van der Waals surface area contributed by atoms with Gasteiger partial charge in [0.05, 0.1) is 4.92 Å². The lowest BCUT2D eigenvalue weighted by molar-refractivity contribution is -0.384. The zero-order valence-electron chi connectivity index (χ0n) is 9.88. The Balaban J connectivity index is 3.19. The number of nitrogens with zero attached hydrogens (tertiary/aromatic N) is 4. The Labute approximate surface area is 99.0 Å². The summed E-state index contributed by atoms with van der Waals surface area (Å²) < 4.78 is 0. The Hall–Kier alpha value is -1.96. The molecule has 0 aromatic carbocycles. The molecule has 0 saturated carbocycles. The maximum absolute atomic E-state index is 10.9.